The minimum Gasteiger partial charge on any atom is -0.462 e. The number of carbonyl (C=O) groups excluding carboxylic acids is 1. The number of aryl methyl sites for hydroxylation is 1. The number of amides is 1. The van der Waals surface area contributed by atoms with Crippen molar-refractivity contribution in [2.75, 3.05) is 44.2 Å². The number of nitrogens with two attached hydrogens (primary N) is 1. The second kappa shape index (κ2) is 11.7. The van der Waals surface area contributed by atoms with Crippen molar-refractivity contribution in [2.24, 2.45) is 5.73 Å². The number of hydrogen-bond donors (Lipinski definition) is 1. The van der Waals surface area contributed by atoms with Crippen LogP contribution in [0.3, 0.4) is 0 Å². The van der Waals surface area contributed by atoms with Crippen LogP contribution in [0.25, 0.3) is 21.3 Å². The summed E-state index contributed by atoms with van der Waals surface area (Å²) in [5.41, 5.74) is 8.47. The first-order valence-corrected chi connectivity index (χ1v) is 12.8. The predicted octanol–water partition coefficient (Wildman–Crippen LogP) is 4.64. The third kappa shape index (κ3) is 5.46. The molecule has 0 radical (unpaired) electrons. The molecule has 5 rings (SSSR count). The van der Waals surface area contributed by atoms with Crippen molar-refractivity contribution in [3.05, 3.63) is 71.1 Å². The quantitative estimate of drug-likeness (QED) is 0.380. The molecule has 0 spiro atoms. The zero-order chi connectivity index (χ0) is 24.2. The summed E-state index contributed by atoms with van der Waals surface area (Å²) in [5, 5.41) is 1.04. The molecule has 1 aliphatic heterocycles. The lowest BCUT2D eigenvalue weighted by Gasteiger charge is -2.35. The van der Waals surface area contributed by atoms with Gasteiger partial charge in [-0.05, 0) is 35.7 Å². The normalized spacial score (nSPS) is 13.5. The Morgan fingerprint density at radius 3 is 2.47 bits per heavy atom. The van der Waals surface area contributed by atoms with E-state index in [1.165, 1.54) is 4.88 Å². The number of aromatic nitrogens is 2. The van der Waals surface area contributed by atoms with E-state index in [1.54, 1.807) is 11.3 Å². The van der Waals surface area contributed by atoms with Crippen LogP contribution in [-0.4, -0.2) is 60.1 Å². The van der Waals surface area contributed by atoms with Gasteiger partial charge < -0.3 is 20.3 Å². The fourth-order valence-corrected chi connectivity index (χ4v) is 5.29. The van der Waals surface area contributed by atoms with E-state index >= 15 is 0 Å². The molecule has 2 aromatic heterocycles. The molecule has 9 heteroatoms. The van der Waals surface area contributed by atoms with Crippen LogP contribution in [0.5, 0.6) is 6.01 Å². The fourth-order valence-electron chi connectivity index (χ4n) is 4.33. The van der Waals surface area contributed by atoms with Crippen molar-refractivity contribution in [1.29, 1.82) is 0 Å². The topological polar surface area (TPSA) is 84.6 Å². The number of benzene rings is 2. The van der Waals surface area contributed by atoms with E-state index in [0.29, 0.717) is 50.9 Å². The lowest BCUT2D eigenvalue weighted by Crippen LogP contribution is -2.49. The van der Waals surface area contributed by atoms with Crippen molar-refractivity contribution in [3.8, 4) is 17.1 Å². The maximum absolute atomic E-state index is 13.3. The van der Waals surface area contributed by atoms with Gasteiger partial charge in [0, 0.05) is 43.2 Å². The van der Waals surface area contributed by atoms with Crippen LogP contribution in [-0.2, 0) is 6.42 Å². The molecule has 0 saturated carbocycles. The van der Waals surface area contributed by atoms with Crippen LogP contribution in [0.4, 0.5) is 5.82 Å². The SMILES string of the molecule is CCc1cc2c(N3CCN(C(=O)c4cccc(-c5ccccc5)c4)CC3)nc(OCCN)nc2s1.Cl. The number of nitrogens with zero attached hydrogens (tertiary/aromatic N) is 4. The van der Waals surface area contributed by atoms with Crippen molar-refractivity contribution in [2.45, 2.75) is 13.3 Å². The number of anilines is 1. The van der Waals surface area contributed by atoms with Crippen LogP contribution in [0.15, 0.2) is 60.7 Å². The molecular weight excluding hydrogens is 494 g/mol. The summed E-state index contributed by atoms with van der Waals surface area (Å²) >= 11 is 1.67. The van der Waals surface area contributed by atoms with Gasteiger partial charge in [0.05, 0.1) is 5.39 Å². The summed E-state index contributed by atoms with van der Waals surface area (Å²) in [7, 11) is 0. The molecule has 7 nitrogen and oxygen atoms in total. The molecule has 2 aromatic carbocycles. The first kappa shape index (κ1) is 25.9. The Morgan fingerprint density at radius 1 is 1.00 bits per heavy atom. The van der Waals surface area contributed by atoms with Gasteiger partial charge in [0.25, 0.3) is 5.91 Å². The average molecular weight is 524 g/mol. The molecule has 1 aliphatic rings. The van der Waals surface area contributed by atoms with Crippen LogP contribution in [0, 0.1) is 0 Å². The highest BCUT2D eigenvalue weighted by molar-refractivity contribution is 7.18. The first-order chi connectivity index (χ1) is 17.2. The van der Waals surface area contributed by atoms with Gasteiger partial charge in [-0.15, -0.1) is 23.7 Å². The third-order valence-corrected chi connectivity index (χ3v) is 7.36. The van der Waals surface area contributed by atoms with Crippen molar-refractivity contribution in [1.82, 2.24) is 14.9 Å². The minimum absolute atomic E-state index is 0. The Kier molecular flexibility index (Phi) is 8.40. The van der Waals surface area contributed by atoms with Crippen LogP contribution in [0.2, 0.25) is 0 Å². The van der Waals surface area contributed by atoms with Gasteiger partial charge in [0.2, 0.25) is 0 Å². The lowest BCUT2D eigenvalue weighted by atomic mass is 10.0. The smallest absolute Gasteiger partial charge is 0.319 e. The van der Waals surface area contributed by atoms with E-state index in [1.807, 2.05) is 47.4 Å². The summed E-state index contributed by atoms with van der Waals surface area (Å²) in [6, 6.07) is 20.5. The molecule has 1 fully saturated rings. The minimum atomic E-state index is 0. The summed E-state index contributed by atoms with van der Waals surface area (Å²) < 4.78 is 5.67. The van der Waals surface area contributed by atoms with E-state index in [4.69, 9.17) is 15.5 Å². The van der Waals surface area contributed by atoms with Crippen LogP contribution < -0.4 is 15.4 Å². The molecule has 1 amide bonds. The summed E-state index contributed by atoms with van der Waals surface area (Å²) in [6.07, 6.45) is 0.948. The maximum Gasteiger partial charge on any atom is 0.319 e. The molecule has 188 valence electrons. The van der Waals surface area contributed by atoms with Gasteiger partial charge in [-0.1, -0.05) is 49.4 Å². The largest absolute Gasteiger partial charge is 0.462 e. The Balaban J connectivity index is 0.00000304. The average Bonchev–Trinajstić information content (AvgIpc) is 3.35. The monoisotopic (exact) mass is 523 g/mol. The molecule has 3 heterocycles. The van der Waals surface area contributed by atoms with Gasteiger partial charge in [-0.2, -0.15) is 9.97 Å². The van der Waals surface area contributed by atoms with Crippen molar-refractivity contribution in [3.63, 3.8) is 0 Å². The number of thiophene rings is 1. The van der Waals surface area contributed by atoms with Gasteiger partial charge in [-0.25, -0.2) is 0 Å². The number of hydrogen-bond acceptors (Lipinski definition) is 7. The molecule has 1 saturated heterocycles. The Labute approximate surface area is 221 Å². The first-order valence-electron chi connectivity index (χ1n) is 12.0. The van der Waals surface area contributed by atoms with E-state index in [2.05, 4.69) is 35.0 Å². The molecule has 0 atom stereocenters. The molecular formula is C27H30ClN5O2S. The Hall–Kier alpha value is -3.20. The summed E-state index contributed by atoms with van der Waals surface area (Å²) in [4.78, 5) is 29.0. The van der Waals surface area contributed by atoms with Gasteiger partial charge in [0.15, 0.2) is 0 Å². The second-order valence-corrected chi connectivity index (χ2v) is 9.59. The number of halogens is 1. The summed E-state index contributed by atoms with van der Waals surface area (Å²) in [5.74, 6) is 0.933. The third-order valence-electron chi connectivity index (χ3n) is 6.18. The van der Waals surface area contributed by atoms with Crippen LogP contribution >= 0.6 is 23.7 Å². The Bertz CT molecular complexity index is 1320. The molecule has 0 bridgehead atoms. The van der Waals surface area contributed by atoms with E-state index in [-0.39, 0.29) is 18.3 Å². The number of ether oxygens (including phenoxy) is 1. The van der Waals surface area contributed by atoms with E-state index in [9.17, 15) is 4.79 Å². The maximum atomic E-state index is 13.3. The molecule has 4 aromatic rings. The molecule has 2 N–H and O–H groups in total. The highest BCUT2D eigenvalue weighted by Gasteiger charge is 2.25. The van der Waals surface area contributed by atoms with Gasteiger partial charge in [0.1, 0.15) is 17.3 Å². The number of rotatable bonds is 7. The molecule has 36 heavy (non-hydrogen) atoms. The zero-order valence-corrected chi connectivity index (χ0v) is 21.9. The van der Waals surface area contributed by atoms with E-state index < -0.39 is 0 Å². The van der Waals surface area contributed by atoms with Crippen LogP contribution in [0.1, 0.15) is 22.2 Å². The standard InChI is InChI=1S/C27H29N5O2S.ClH/c1-2-22-18-23-24(29-27(34-16-11-28)30-25(23)35-22)31-12-14-32(15-13-31)26(33)21-10-6-9-20(17-21)19-7-4-3-5-8-19;/h3-10,17-18H,2,11-16,28H2,1H3;1H. The highest BCUT2D eigenvalue weighted by atomic mass is 35.5. The number of carbonyl (C=O) groups is 1. The Morgan fingerprint density at radius 2 is 1.75 bits per heavy atom. The van der Waals surface area contributed by atoms with Gasteiger partial charge in [-0.3, -0.25) is 4.79 Å². The second-order valence-electron chi connectivity index (χ2n) is 8.48. The lowest BCUT2D eigenvalue weighted by molar-refractivity contribution is 0.0746. The molecule has 0 aliphatic carbocycles. The predicted molar refractivity (Wildman–Crippen MR) is 149 cm³/mol. The number of fused-ring (bicyclic) bond motifs is 1. The summed E-state index contributed by atoms with van der Waals surface area (Å²) in [6.45, 7) is 5.58. The highest BCUT2D eigenvalue weighted by Crippen LogP contribution is 2.33. The van der Waals surface area contributed by atoms with E-state index in [0.717, 1.165) is 33.6 Å². The number of piperazine rings is 1. The van der Waals surface area contributed by atoms with Crippen molar-refractivity contribution < 1.29 is 9.53 Å². The zero-order valence-electron chi connectivity index (χ0n) is 20.2. The van der Waals surface area contributed by atoms with Crippen molar-refractivity contribution >= 4 is 45.7 Å². The molecule has 0 unspecified atom stereocenters. The fraction of sp³-hybridized carbons (Fsp3) is 0.296. The van der Waals surface area contributed by atoms with Gasteiger partial charge >= 0.3 is 6.01 Å².